The molecule has 2 amide bonds. The molecule has 0 saturated carbocycles. The first-order valence-corrected chi connectivity index (χ1v) is 6.75. The summed E-state index contributed by atoms with van der Waals surface area (Å²) in [6.45, 7) is 1.93. The Labute approximate surface area is 127 Å². The average molecular weight is 304 g/mol. The molecule has 0 spiro atoms. The van der Waals surface area contributed by atoms with E-state index in [4.69, 9.17) is 17.3 Å². The van der Waals surface area contributed by atoms with Gasteiger partial charge in [-0.2, -0.15) is 0 Å². The second-order valence-electron chi connectivity index (χ2n) is 4.42. The topological polar surface area (TPSA) is 85.1 Å². The highest BCUT2D eigenvalue weighted by atomic mass is 35.5. The van der Waals surface area contributed by atoms with Crippen molar-refractivity contribution < 1.29 is 9.59 Å². The fraction of sp³-hybridized carbons (Fsp3) is 0.133. The number of hydrogen-bond acceptors (Lipinski definition) is 3. The highest BCUT2D eigenvalue weighted by Crippen LogP contribution is 2.15. The number of amides is 2. The van der Waals surface area contributed by atoms with Crippen LogP contribution in [-0.4, -0.2) is 16.8 Å². The van der Waals surface area contributed by atoms with Gasteiger partial charge in [0, 0.05) is 22.5 Å². The van der Waals surface area contributed by atoms with Crippen LogP contribution in [0.5, 0.6) is 0 Å². The molecule has 0 aliphatic rings. The number of halogens is 1. The lowest BCUT2D eigenvalue weighted by molar-refractivity contribution is 0.0996. The predicted molar refractivity (Wildman–Crippen MR) is 81.5 cm³/mol. The normalized spacial score (nSPS) is 10.2. The monoisotopic (exact) mass is 303 g/mol. The van der Waals surface area contributed by atoms with E-state index in [-0.39, 0.29) is 11.1 Å². The van der Waals surface area contributed by atoms with E-state index < -0.39 is 5.91 Å². The molecular weight excluding hydrogens is 290 g/mol. The highest BCUT2D eigenvalue weighted by molar-refractivity contribution is 6.29. The van der Waals surface area contributed by atoms with Crippen LogP contribution in [0.4, 0.5) is 5.69 Å². The van der Waals surface area contributed by atoms with Crippen molar-refractivity contribution in [3.05, 3.63) is 58.4 Å². The van der Waals surface area contributed by atoms with Crippen LogP contribution >= 0.6 is 11.6 Å². The Morgan fingerprint density at radius 1 is 1.24 bits per heavy atom. The van der Waals surface area contributed by atoms with Crippen LogP contribution < -0.4 is 11.1 Å². The lowest BCUT2D eigenvalue weighted by atomic mass is 10.1. The number of nitrogens with two attached hydrogens (primary N) is 1. The number of carbonyl (C=O) groups excluding carboxylic acids is 2. The first-order valence-electron chi connectivity index (χ1n) is 6.37. The molecule has 2 rings (SSSR count). The number of nitrogens with one attached hydrogen (secondary N) is 1. The first-order chi connectivity index (χ1) is 9.99. The van der Waals surface area contributed by atoms with Gasteiger partial charge in [-0.1, -0.05) is 24.6 Å². The maximum atomic E-state index is 12.2. The molecule has 1 heterocycles. The number of carbonyl (C=O) groups is 2. The summed E-state index contributed by atoms with van der Waals surface area (Å²) in [6, 6.07) is 9.59. The molecule has 0 aliphatic carbocycles. The van der Waals surface area contributed by atoms with Crippen LogP contribution in [0.1, 0.15) is 33.3 Å². The third kappa shape index (κ3) is 3.79. The van der Waals surface area contributed by atoms with Crippen LogP contribution in [0.3, 0.4) is 0 Å². The third-order valence-corrected chi connectivity index (χ3v) is 3.07. The zero-order chi connectivity index (χ0) is 15.4. The van der Waals surface area contributed by atoms with Crippen LogP contribution in [0.15, 0.2) is 36.4 Å². The number of anilines is 1. The molecule has 1 aromatic heterocycles. The summed E-state index contributed by atoms with van der Waals surface area (Å²) in [7, 11) is 0. The van der Waals surface area contributed by atoms with E-state index in [0.29, 0.717) is 23.2 Å². The number of pyridine rings is 1. The van der Waals surface area contributed by atoms with Crippen molar-refractivity contribution in [3.8, 4) is 0 Å². The van der Waals surface area contributed by atoms with Crippen LogP contribution in [0, 0.1) is 0 Å². The van der Waals surface area contributed by atoms with Gasteiger partial charge in [-0.25, -0.2) is 4.98 Å². The van der Waals surface area contributed by atoms with Crippen molar-refractivity contribution in [2.24, 2.45) is 5.73 Å². The summed E-state index contributed by atoms with van der Waals surface area (Å²) in [5, 5.41) is 2.97. The zero-order valence-corrected chi connectivity index (χ0v) is 12.1. The van der Waals surface area contributed by atoms with Crippen molar-refractivity contribution in [3.63, 3.8) is 0 Å². The van der Waals surface area contributed by atoms with Gasteiger partial charge in [-0.05, 0) is 36.8 Å². The lowest BCUT2D eigenvalue weighted by Gasteiger charge is -2.07. The summed E-state index contributed by atoms with van der Waals surface area (Å²) in [5.74, 6) is -0.873. The molecule has 3 N–H and O–H groups in total. The number of hydrogen-bond donors (Lipinski definition) is 2. The van der Waals surface area contributed by atoms with E-state index in [1.165, 1.54) is 12.1 Å². The van der Waals surface area contributed by atoms with E-state index in [9.17, 15) is 9.59 Å². The van der Waals surface area contributed by atoms with Crippen LogP contribution in [0.2, 0.25) is 5.15 Å². The van der Waals surface area contributed by atoms with E-state index in [2.05, 4.69) is 10.3 Å². The maximum absolute atomic E-state index is 12.2. The number of rotatable bonds is 4. The fourth-order valence-corrected chi connectivity index (χ4v) is 2.04. The number of aromatic nitrogens is 1. The lowest BCUT2D eigenvalue weighted by Crippen LogP contribution is -2.15. The van der Waals surface area contributed by atoms with Gasteiger partial charge in [0.1, 0.15) is 5.15 Å². The van der Waals surface area contributed by atoms with Gasteiger partial charge >= 0.3 is 0 Å². The van der Waals surface area contributed by atoms with Crippen molar-refractivity contribution in [2.45, 2.75) is 13.3 Å². The van der Waals surface area contributed by atoms with Gasteiger partial charge in [0.15, 0.2) is 0 Å². The summed E-state index contributed by atoms with van der Waals surface area (Å²) in [5.41, 5.74) is 7.17. The molecular formula is C15H14ClN3O2. The largest absolute Gasteiger partial charge is 0.366 e. The SMILES string of the molecule is CCc1cc(C(=O)Nc2cccc(C(N)=O)c2)cc(Cl)n1. The smallest absolute Gasteiger partial charge is 0.255 e. The number of benzene rings is 1. The quantitative estimate of drug-likeness (QED) is 0.851. The standard InChI is InChI=1S/C15H14ClN3O2/c1-2-11-7-10(8-13(16)18-11)15(21)19-12-5-3-4-9(6-12)14(17)20/h3-8H,2H2,1H3,(H2,17,20)(H,19,21). The van der Waals surface area contributed by atoms with Gasteiger partial charge in [0.2, 0.25) is 5.91 Å². The molecule has 1 aromatic carbocycles. The molecule has 0 unspecified atom stereocenters. The van der Waals surface area contributed by atoms with Crippen molar-refractivity contribution in [2.75, 3.05) is 5.32 Å². The Bertz CT molecular complexity index is 701. The Hall–Kier alpha value is -2.40. The van der Waals surface area contributed by atoms with E-state index >= 15 is 0 Å². The van der Waals surface area contributed by atoms with Crippen molar-refractivity contribution >= 4 is 29.1 Å². The molecule has 6 heteroatoms. The molecule has 21 heavy (non-hydrogen) atoms. The Morgan fingerprint density at radius 3 is 2.67 bits per heavy atom. The Kier molecular flexibility index (Phi) is 4.55. The van der Waals surface area contributed by atoms with Gasteiger partial charge in [0.05, 0.1) is 0 Å². The number of primary amides is 1. The van der Waals surface area contributed by atoms with Crippen molar-refractivity contribution in [1.82, 2.24) is 4.98 Å². The molecule has 0 radical (unpaired) electrons. The highest BCUT2D eigenvalue weighted by Gasteiger charge is 2.10. The van der Waals surface area contributed by atoms with Crippen LogP contribution in [0.25, 0.3) is 0 Å². The molecule has 0 bridgehead atoms. The third-order valence-electron chi connectivity index (χ3n) is 2.88. The fourth-order valence-electron chi connectivity index (χ4n) is 1.82. The van der Waals surface area contributed by atoms with Gasteiger partial charge in [0.25, 0.3) is 5.91 Å². The number of aryl methyl sites for hydroxylation is 1. The van der Waals surface area contributed by atoms with E-state index in [1.807, 2.05) is 6.92 Å². The van der Waals surface area contributed by atoms with Crippen LogP contribution in [-0.2, 0) is 6.42 Å². The van der Waals surface area contributed by atoms with E-state index in [1.54, 1.807) is 24.3 Å². The summed E-state index contributed by atoms with van der Waals surface area (Å²) in [4.78, 5) is 27.4. The van der Waals surface area contributed by atoms with Crippen molar-refractivity contribution in [1.29, 1.82) is 0 Å². The first kappa shape index (κ1) is 15.0. The van der Waals surface area contributed by atoms with E-state index in [0.717, 1.165) is 5.69 Å². The predicted octanol–water partition coefficient (Wildman–Crippen LogP) is 2.65. The molecule has 0 atom stereocenters. The molecule has 0 saturated heterocycles. The van der Waals surface area contributed by atoms with Gasteiger partial charge in [-0.15, -0.1) is 0 Å². The molecule has 5 nitrogen and oxygen atoms in total. The average Bonchev–Trinajstić information content (AvgIpc) is 2.46. The second kappa shape index (κ2) is 6.37. The van der Waals surface area contributed by atoms with Gasteiger partial charge in [-0.3, -0.25) is 9.59 Å². The summed E-state index contributed by atoms with van der Waals surface area (Å²) >= 11 is 5.89. The number of nitrogens with zero attached hydrogens (tertiary/aromatic N) is 1. The minimum atomic E-state index is -0.550. The second-order valence-corrected chi connectivity index (χ2v) is 4.81. The minimum absolute atomic E-state index is 0.269. The summed E-state index contributed by atoms with van der Waals surface area (Å²) in [6.07, 6.45) is 0.679. The Morgan fingerprint density at radius 2 is 2.00 bits per heavy atom. The molecule has 108 valence electrons. The Balaban J connectivity index is 2.23. The molecule has 2 aromatic rings. The van der Waals surface area contributed by atoms with Gasteiger partial charge < -0.3 is 11.1 Å². The molecule has 0 fully saturated rings. The molecule has 0 aliphatic heterocycles. The summed E-state index contributed by atoms with van der Waals surface area (Å²) < 4.78 is 0. The minimum Gasteiger partial charge on any atom is -0.366 e. The maximum Gasteiger partial charge on any atom is 0.255 e. The zero-order valence-electron chi connectivity index (χ0n) is 11.4.